The fraction of sp³-hybridized carbons (Fsp3) is 0.776. The van der Waals surface area contributed by atoms with Crippen molar-refractivity contribution in [2.75, 3.05) is 0 Å². The van der Waals surface area contributed by atoms with Crippen molar-refractivity contribution in [3.05, 3.63) is 59.8 Å². The van der Waals surface area contributed by atoms with Crippen molar-refractivity contribution < 1.29 is 0 Å². The van der Waals surface area contributed by atoms with Gasteiger partial charge in [-0.25, -0.2) is 0 Å². The van der Waals surface area contributed by atoms with Gasteiger partial charge in [-0.1, -0.05) is 91.9 Å². The summed E-state index contributed by atoms with van der Waals surface area (Å²) in [5.74, 6) is 14.8. The Morgan fingerprint density at radius 3 is 2.12 bits per heavy atom. The van der Waals surface area contributed by atoms with Crippen LogP contribution in [0.4, 0.5) is 0 Å². The molecule has 4 fully saturated rings. The first-order chi connectivity index (χ1) is 24.8. The van der Waals surface area contributed by atoms with Crippen molar-refractivity contribution >= 4 is 0 Å². The summed E-state index contributed by atoms with van der Waals surface area (Å²) < 4.78 is 0. The second kappa shape index (κ2) is 13.9. The highest BCUT2D eigenvalue weighted by atomic mass is 14.7. The maximum Gasteiger partial charge on any atom is 0.0697 e. The topological polar surface area (TPSA) is 23.8 Å². The molecule has 0 bridgehead atoms. The summed E-state index contributed by atoms with van der Waals surface area (Å²) >= 11 is 0. The molecule has 1 nitrogen and oxygen atoms in total. The highest BCUT2D eigenvalue weighted by molar-refractivity contribution is 5.36. The lowest BCUT2D eigenvalue weighted by molar-refractivity contribution is -0.0781. The van der Waals surface area contributed by atoms with E-state index in [0.29, 0.717) is 11.8 Å². The highest BCUT2D eigenvalue weighted by Crippen LogP contribution is 2.70. The third-order valence-electron chi connectivity index (χ3n) is 18.1. The van der Waals surface area contributed by atoms with Gasteiger partial charge in [-0.2, -0.15) is 5.26 Å². The molecule has 0 aromatic carbocycles. The molecule has 0 heterocycles. The molecule has 16 unspecified atom stereocenters. The molecule has 0 radical (unpaired) electrons. The molecule has 0 aliphatic heterocycles. The summed E-state index contributed by atoms with van der Waals surface area (Å²) in [7, 11) is 0. The molecule has 4 saturated carbocycles. The maximum atomic E-state index is 9.39. The molecule has 268 valence electrons. The van der Waals surface area contributed by atoms with Crippen LogP contribution in [0.2, 0.25) is 0 Å². The number of nitriles is 1. The quantitative estimate of drug-likeness (QED) is 0.273. The van der Waals surface area contributed by atoms with Crippen molar-refractivity contribution in [1.29, 1.82) is 5.26 Å². The zero-order valence-corrected chi connectivity index (χ0v) is 31.2. The summed E-state index contributed by atoms with van der Waals surface area (Å²) in [5.41, 5.74) is 4.25. The minimum atomic E-state index is 0.157. The van der Waals surface area contributed by atoms with Gasteiger partial charge in [-0.15, -0.1) is 0 Å². The third kappa shape index (κ3) is 5.57. The van der Waals surface area contributed by atoms with Gasteiger partial charge in [-0.05, 0) is 197 Å². The van der Waals surface area contributed by atoms with E-state index < -0.39 is 0 Å². The predicted octanol–water partition coefficient (Wildman–Crippen LogP) is 12.8. The van der Waals surface area contributed by atoms with Crippen molar-refractivity contribution in [3.8, 4) is 6.07 Å². The van der Waals surface area contributed by atoms with Crippen LogP contribution in [0.1, 0.15) is 135 Å². The van der Waals surface area contributed by atoms with E-state index in [2.05, 4.69) is 65.8 Å². The smallest absolute Gasteiger partial charge is 0.0697 e. The van der Waals surface area contributed by atoms with Crippen molar-refractivity contribution in [1.82, 2.24) is 0 Å². The lowest BCUT2D eigenvalue weighted by atomic mass is 9.47. The average Bonchev–Trinajstić information content (AvgIpc) is 3.52. The average molecular weight is 670 g/mol. The van der Waals surface area contributed by atoms with E-state index in [0.717, 1.165) is 89.3 Å². The molecule has 50 heavy (non-hydrogen) atoms. The normalized spacial score (nSPS) is 49.8. The Bertz CT molecular complexity index is 1440. The zero-order valence-electron chi connectivity index (χ0n) is 31.2. The van der Waals surface area contributed by atoms with Crippen LogP contribution >= 0.6 is 0 Å². The molecule has 16 atom stereocenters. The van der Waals surface area contributed by atoms with Gasteiger partial charge in [0.2, 0.25) is 0 Å². The third-order valence-corrected chi connectivity index (χ3v) is 18.1. The Balaban J connectivity index is 0.953. The lowest BCUT2D eigenvalue weighted by Crippen LogP contribution is -2.52. The Morgan fingerprint density at radius 2 is 1.28 bits per heavy atom. The first-order valence-electron chi connectivity index (χ1n) is 22.6. The van der Waals surface area contributed by atoms with Crippen LogP contribution in [0.15, 0.2) is 59.8 Å². The minimum Gasteiger partial charge on any atom is -0.198 e. The van der Waals surface area contributed by atoms with Crippen molar-refractivity contribution in [2.24, 2.45) is 101 Å². The molecular formula is C49H67N. The fourth-order valence-corrected chi connectivity index (χ4v) is 16.4. The molecule has 10 aliphatic carbocycles. The molecule has 10 rings (SSSR count). The number of fused-ring (bicyclic) bond motifs is 5. The van der Waals surface area contributed by atoms with Gasteiger partial charge < -0.3 is 0 Å². The molecule has 0 spiro atoms. The number of hydrogen-bond acceptors (Lipinski definition) is 1. The largest absolute Gasteiger partial charge is 0.198 e. The molecule has 10 aliphatic rings. The minimum absolute atomic E-state index is 0.157. The van der Waals surface area contributed by atoms with E-state index in [1.807, 2.05) is 0 Å². The number of nitrogens with zero attached hydrogens (tertiary/aromatic N) is 1. The number of hydrogen-bond donors (Lipinski definition) is 0. The van der Waals surface area contributed by atoms with Crippen LogP contribution in [-0.2, 0) is 0 Å². The van der Waals surface area contributed by atoms with Crippen LogP contribution < -0.4 is 0 Å². The molecule has 0 amide bonds. The Kier molecular flexibility index (Phi) is 9.10. The summed E-state index contributed by atoms with van der Waals surface area (Å²) in [5, 5.41) is 9.39. The molecule has 0 N–H and O–H groups in total. The van der Waals surface area contributed by atoms with Crippen LogP contribution in [0.25, 0.3) is 0 Å². The summed E-state index contributed by atoms with van der Waals surface area (Å²) in [4.78, 5) is 0. The van der Waals surface area contributed by atoms with Crippen LogP contribution in [0, 0.1) is 112 Å². The second-order valence-corrected chi connectivity index (χ2v) is 19.9. The summed E-state index contributed by atoms with van der Waals surface area (Å²) in [6.07, 6.45) is 51.1. The number of rotatable bonds is 4. The van der Waals surface area contributed by atoms with E-state index in [4.69, 9.17) is 0 Å². The van der Waals surface area contributed by atoms with E-state index in [1.165, 1.54) is 109 Å². The standard InChI is InChI=1S/C49H67N/c50-30-31-18-20-32(21-19-31)35-22-23-37-29-38(25-24-36(37)28-35)39-26-27-44-47-40(39)16-9-17-43(47)48-45(33-10-3-1-4-11-33)41-14-7-8-15-42(41)46(49(44)48)34-12-5-2-6-13-34/h1,3,7,14,18,20,22-23,31-39,41-46,48-49H,2,4-6,8-13,15-17,19,21,24-29H2. The number of allylic oxidation sites excluding steroid dienone is 10. The first kappa shape index (κ1) is 32.8. The van der Waals surface area contributed by atoms with Crippen LogP contribution in [-0.4, -0.2) is 0 Å². The van der Waals surface area contributed by atoms with Gasteiger partial charge in [0.05, 0.1) is 12.0 Å². The van der Waals surface area contributed by atoms with E-state index >= 15 is 0 Å². The molecule has 0 aromatic rings. The van der Waals surface area contributed by atoms with Crippen molar-refractivity contribution in [3.63, 3.8) is 0 Å². The molecule has 0 saturated heterocycles. The van der Waals surface area contributed by atoms with Gasteiger partial charge in [-0.3, -0.25) is 0 Å². The van der Waals surface area contributed by atoms with Gasteiger partial charge in [0, 0.05) is 0 Å². The monoisotopic (exact) mass is 670 g/mol. The summed E-state index contributed by atoms with van der Waals surface area (Å²) in [6.45, 7) is 0. The maximum absolute atomic E-state index is 9.39. The van der Waals surface area contributed by atoms with Crippen LogP contribution in [0.3, 0.4) is 0 Å². The predicted molar refractivity (Wildman–Crippen MR) is 205 cm³/mol. The van der Waals surface area contributed by atoms with Gasteiger partial charge in [0.15, 0.2) is 0 Å². The van der Waals surface area contributed by atoms with E-state index in [9.17, 15) is 5.26 Å². The summed E-state index contributed by atoms with van der Waals surface area (Å²) in [6, 6.07) is 2.48. The van der Waals surface area contributed by atoms with Gasteiger partial charge in [0.25, 0.3) is 0 Å². The van der Waals surface area contributed by atoms with Crippen molar-refractivity contribution in [2.45, 2.75) is 135 Å². The Hall–Kier alpha value is -1.81. The van der Waals surface area contributed by atoms with Crippen LogP contribution in [0.5, 0.6) is 0 Å². The van der Waals surface area contributed by atoms with Gasteiger partial charge >= 0.3 is 0 Å². The molecule has 1 heteroatoms. The van der Waals surface area contributed by atoms with E-state index in [1.54, 1.807) is 19.3 Å². The van der Waals surface area contributed by atoms with Gasteiger partial charge in [0.1, 0.15) is 0 Å². The fourth-order valence-electron chi connectivity index (χ4n) is 16.4. The zero-order chi connectivity index (χ0) is 33.2. The first-order valence-corrected chi connectivity index (χ1v) is 22.6. The SMILES string of the molecule is N#CC1C=CC(C2C=CC3CC(C4CCC5C6=C4CCCC6C4C(C6CC=CCC6)C6C=CCCC6C(C6CCCCC6)C54)CCC3C2)CC1. The molecule has 0 aromatic heterocycles. The second-order valence-electron chi connectivity index (χ2n) is 19.9. The van der Waals surface area contributed by atoms with E-state index in [-0.39, 0.29) is 5.92 Å². The lowest BCUT2D eigenvalue weighted by Gasteiger charge is -2.57. The Labute approximate surface area is 305 Å². The Morgan fingerprint density at radius 1 is 0.500 bits per heavy atom. The molecular weight excluding hydrogens is 603 g/mol. The highest BCUT2D eigenvalue weighted by Gasteiger charge is 2.63.